The van der Waals surface area contributed by atoms with Gasteiger partial charge in [-0.2, -0.15) is 0 Å². The average molecular weight is 278 g/mol. The van der Waals surface area contributed by atoms with Gasteiger partial charge in [-0.15, -0.1) is 0 Å². The van der Waals surface area contributed by atoms with Gasteiger partial charge in [0, 0.05) is 32.8 Å². The fraction of sp³-hybridized carbons (Fsp3) is 0.571. The minimum Gasteiger partial charge on any atom is -0.341 e. The summed E-state index contributed by atoms with van der Waals surface area (Å²) in [5, 5.41) is 0. The van der Waals surface area contributed by atoms with Crippen molar-refractivity contribution in [3.63, 3.8) is 0 Å². The van der Waals surface area contributed by atoms with Crippen LogP contribution in [0.15, 0.2) is 18.3 Å². The lowest BCUT2D eigenvalue weighted by molar-refractivity contribution is 0.0573. The molecule has 1 atom stereocenters. The molecule has 3 heterocycles. The number of aromatic nitrogens is 3. The summed E-state index contributed by atoms with van der Waals surface area (Å²) in [6, 6.07) is 3.74. The summed E-state index contributed by atoms with van der Waals surface area (Å²) >= 11 is 0. The third-order valence-electron chi connectivity index (χ3n) is 4.68. The van der Waals surface area contributed by atoms with E-state index in [4.69, 9.17) is 0 Å². The molecule has 2 aliphatic rings. The van der Waals surface area contributed by atoms with Gasteiger partial charge >= 0.3 is 0 Å². The second-order valence-corrected chi connectivity index (χ2v) is 6.00. The number of pyridine rings is 1. The van der Waals surface area contributed by atoms with Crippen molar-refractivity contribution >= 4 is 17.1 Å². The molecule has 0 N–H and O–H groups in total. The lowest BCUT2D eigenvalue weighted by Crippen LogP contribution is -2.40. The van der Waals surface area contributed by atoms with Crippen LogP contribution in [-0.4, -0.2) is 33.5 Å². The molecule has 1 saturated carbocycles. The highest BCUT2D eigenvalue weighted by Crippen LogP contribution is 2.64. The van der Waals surface area contributed by atoms with Gasteiger partial charge in [0.25, 0.3) is 5.92 Å². The van der Waals surface area contributed by atoms with Crippen LogP contribution in [0.5, 0.6) is 0 Å². The first-order valence-electron chi connectivity index (χ1n) is 6.93. The highest BCUT2D eigenvalue weighted by molar-refractivity contribution is 5.74. The molecule has 20 heavy (non-hydrogen) atoms. The van der Waals surface area contributed by atoms with Gasteiger partial charge in [0.2, 0.25) is 5.95 Å². The molecule has 6 heteroatoms. The Morgan fingerprint density at radius 3 is 2.85 bits per heavy atom. The Morgan fingerprint density at radius 1 is 1.35 bits per heavy atom. The van der Waals surface area contributed by atoms with E-state index in [0.717, 1.165) is 30.1 Å². The lowest BCUT2D eigenvalue weighted by atomic mass is 9.94. The van der Waals surface area contributed by atoms with E-state index < -0.39 is 11.3 Å². The molecule has 0 radical (unpaired) electrons. The topological polar surface area (TPSA) is 34.0 Å². The number of aryl methyl sites for hydroxylation is 1. The van der Waals surface area contributed by atoms with E-state index in [1.54, 1.807) is 6.20 Å². The van der Waals surface area contributed by atoms with Gasteiger partial charge in [-0.05, 0) is 25.0 Å². The van der Waals surface area contributed by atoms with E-state index in [1.807, 2.05) is 28.6 Å². The number of halogens is 2. The first-order valence-corrected chi connectivity index (χ1v) is 6.93. The van der Waals surface area contributed by atoms with Crippen molar-refractivity contribution in [2.45, 2.75) is 25.2 Å². The number of imidazole rings is 1. The summed E-state index contributed by atoms with van der Waals surface area (Å²) in [6.45, 7) is 1.19. The zero-order valence-corrected chi connectivity index (χ0v) is 11.3. The minimum absolute atomic E-state index is 0.0265. The van der Waals surface area contributed by atoms with E-state index in [9.17, 15) is 8.78 Å². The third-order valence-corrected chi connectivity index (χ3v) is 4.68. The first-order chi connectivity index (χ1) is 9.52. The average Bonchev–Trinajstić information content (AvgIpc) is 2.79. The Morgan fingerprint density at radius 2 is 2.15 bits per heavy atom. The maximum atomic E-state index is 13.6. The van der Waals surface area contributed by atoms with E-state index in [0.29, 0.717) is 13.0 Å². The third kappa shape index (κ3) is 1.50. The lowest BCUT2D eigenvalue weighted by Gasteiger charge is -2.33. The summed E-state index contributed by atoms with van der Waals surface area (Å²) in [6.07, 6.45) is 3.17. The molecule has 2 aromatic rings. The first kappa shape index (κ1) is 12.1. The van der Waals surface area contributed by atoms with Crippen LogP contribution in [0.2, 0.25) is 0 Å². The molecule has 1 spiro atoms. The van der Waals surface area contributed by atoms with Crippen molar-refractivity contribution in [2.75, 3.05) is 18.0 Å². The molecule has 106 valence electrons. The van der Waals surface area contributed by atoms with Crippen molar-refractivity contribution < 1.29 is 8.78 Å². The van der Waals surface area contributed by atoms with Crippen molar-refractivity contribution in [3.05, 3.63) is 18.3 Å². The molecule has 2 fully saturated rings. The molecule has 1 unspecified atom stereocenters. The zero-order chi connectivity index (χ0) is 14.0. The Balaban J connectivity index is 1.71. The maximum Gasteiger partial charge on any atom is 0.256 e. The van der Waals surface area contributed by atoms with Crippen molar-refractivity contribution in [1.82, 2.24) is 14.5 Å². The molecular formula is C14H16F2N4. The number of fused-ring (bicyclic) bond motifs is 1. The fourth-order valence-corrected chi connectivity index (χ4v) is 3.42. The van der Waals surface area contributed by atoms with Crippen LogP contribution in [0.3, 0.4) is 0 Å². The largest absolute Gasteiger partial charge is 0.341 e. The number of anilines is 1. The quantitative estimate of drug-likeness (QED) is 0.804. The predicted octanol–water partition coefficient (Wildman–Crippen LogP) is 2.59. The van der Waals surface area contributed by atoms with E-state index >= 15 is 0 Å². The molecule has 2 aromatic heterocycles. The highest BCUT2D eigenvalue weighted by atomic mass is 19.3. The molecule has 0 bridgehead atoms. The number of piperidine rings is 1. The monoisotopic (exact) mass is 278 g/mol. The number of alkyl halides is 2. The molecular weight excluding hydrogens is 262 g/mol. The number of nitrogens with zero attached hydrogens (tertiary/aromatic N) is 4. The van der Waals surface area contributed by atoms with E-state index in [2.05, 4.69) is 9.97 Å². The number of hydrogen-bond donors (Lipinski definition) is 0. The molecule has 1 aliphatic carbocycles. The highest BCUT2D eigenvalue weighted by Gasteiger charge is 2.71. The molecule has 1 aliphatic heterocycles. The van der Waals surface area contributed by atoms with Gasteiger partial charge in [-0.1, -0.05) is 0 Å². The number of hydrogen-bond acceptors (Lipinski definition) is 3. The number of rotatable bonds is 1. The van der Waals surface area contributed by atoms with Crippen LogP contribution in [-0.2, 0) is 7.05 Å². The van der Waals surface area contributed by atoms with Gasteiger partial charge in [0.05, 0.1) is 5.41 Å². The SMILES string of the molecule is Cn1c(N2CCCC3(C2)CC3(F)F)nc2cccnc21. The smallest absolute Gasteiger partial charge is 0.256 e. The van der Waals surface area contributed by atoms with Crippen molar-refractivity contribution in [3.8, 4) is 0 Å². The Labute approximate surface area is 115 Å². The summed E-state index contributed by atoms with van der Waals surface area (Å²) in [4.78, 5) is 10.9. The van der Waals surface area contributed by atoms with Crippen LogP contribution in [0, 0.1) is 5.41 Å². The van der Waals surface area contributed by atoms with Crippen LogP contribution >= 0.6 is 0 Å². The van der Waals surface area contributed by atoms with E-state index in [-0.39, 0.29) is 6.42 Å². The summed E-state index contributed by atoms with van der Waals surface area (Å²) in [5.41, 5.74) is 0.799. The normalized spacial score (nSPS) is 28.2. The van der Waals surface area contributed by atoms with Gasteiger partial charge in [-0.3, -0.25) is 4.57 Å². The Kier molecular flexibility index (Phi) is 2.22. The summed E-state index contributed by atoms with van der Waals surface area (Å²) in [5.74, 6) is -1.74. The second-order valence-electron chi connectivity index (χ2n) is 6.00. The van der Waals surface area contributed by atoms with Gasteiger partial charge in [0.15, 0.2) is 5.65 Å². The standard InChI is InChI=1S/C14H16F2N4/c1-19-11-10(4-2-6-17-11)18-12(19)20-7-3-5-13(9-20)8-14(13,15)16/h2,4,6H,3,5,7-9H2,1H3. The Hall–Kier alpha value is -1.72. The van der Waals surface area contributed by atoms with E-state index in [1.165, 1.54) is 0 Å². The molecule has 1 saturated heterocycles. The fourth-order valence-electron chi connectivity index (χ4n) is 3.42. The maximum absolute atomic E-state index is 13.6. The van der Waals surface area contributed by atoms with Crippen LogP contribution in [0.25, 0.3) is 11.2 Å². The minimum atomic E-state index is -2.49. The van der Waals surface area contributed by atoms with Crippen molar-refractivity contribution in [2.24, 2.45) is 12.5 Å². The van der Waals surface area contributed by atoms with Crippen LogP contribution in [0.4, 0.5) is 14.7 Å². The summed E-state index contributed by atoms with van der Waals surface area (Å²) < 4.78 is 29.1. The van der Waals surface area contributed by atoms with Crippen molar-refractivity contribution in [1.29, 1.82) is 0 Å². The summed E-state index contributed by atoms with van der Waals surface area (Å²) in [7, 11) is 1.89. The molecule has 0 aromatic carbocycles. The van der Waals surface area contributed by atoms with Gasteiger partial charge in [0.1, 0.15) is 5.52 Å². The van der Waals surface area contributed by atoms with Gasteiger partial charge in [-0.25, -0.2) is 18.7 Å². The van der Waals surface area contributed by atoms with Crippen LogP contribution < -0.4 is 4.90 Å². The zero-order valence-electron chi connectivity index (χ0n) is 11.3. The predicted molar refractivity (Wildman–Crippen MR) is 72.0 cm³/mol. The van der Waals surface area contributed by atoms with Crippen LogP contribution in [0.1, 0.15) is 19.3 Å². The van der Waals surface area contributed by atoms with Gasteiger partial charge < -0.3 is 4.90 Å². The molecule has 0 amide bonds. The molecule has 4 rings (SSSR count). The second kappa shape index (κ2) is 3.68. The Bertz CT molecular complexity index is 681. The molecule has 4 nitrogen and oxygen atoms in total.